The first-order valence-electron chi connectivity index (χ1n) is 7.60. The molecule has 0 fully saturated rings. The van der Waals surface area contributed by atoms with Crippen LogP contribution in [-0.2, 0) is 16.8 Å². The first kappa shape index (κ1) is 17.5. The van der Waals surface area contributed by atoms with Gasteiger partial charge in [0.15, 0.2) is 0 Å². The number of ether oxygens (including phenoxy) is 1. The monoisotopic (exact) mass is 327 g/mol. The molecule has 0 unspecified atom stereocenters. The summed E-state index contributed by atoms with van der Waals surface area (Å²) in [6, 6.07) is 13.8. The van der Waals surface area contributed by atoms with E-state index in [0.29, 0.717) is 5.75 Å². The van der Waals surface area contributed by atoms with Gasteiger partial charge in [0.25, 0.3) is 0 Å². The molecule has 0 saturated carbocycles. The van der Waals surface area contributed by atoms with E-state index in [1.54, 1.807) is 19.2 Å². The van der Waals surface area contributed by atoms with Crippen LogP contribution in [0.3, 0.4) is 0 Å². The van der Waals surface area contributed by atoms with Crippen LogP contribution < -0.4 is 10.1 Å². The van der Waals surface area contributed by atoms with Crippen molar-refractivity contribution in [1.82, 2.24) is 5.32 Å². The Labute approximate surface area is 141 Å². The second-order valence-electron chi connectivity index (χ2n) is 6.05. The lowest BCUT2D eigenvalue weighted by atomic mass is 9.93. The van der Waals surface area contributed by atoms with Crippen LogP contribution in [0.25, 0.3) is 0 Å². The van der Waals surface area contributed by atoms with E-state index in [1.165, 1.54) is 12.1 Å². The van der Waals surface area contributed by atoms with Gasteiger partial charge in [0.1, 0.15) is 5.75 Å². The Kier molecular flexibility index (Phi) is 5.24. The molecular weight excluding hydrogens is 306 g/mol. The Morgan fingerprint density at radius 3 is 2.29 bits per heavy atom. The molecule has 0 heterocycles. The standard InChI is InChI=1S/C19H21NO4/c1-19(2,15-6-4-5-7-16(15)24-3)20-17(21)12-13-8-10-14(11-9-13)18(22)23/h4-11H,12H2,1-3H3,(H,20,21)(H,22,23). The van der Waals surface area contributed by atoms with Crippen LogP contribution in [0.1, 0.15) is 35.3 Å². The van der Waals surface area contributed by atoms with Crippen LogP contribution in [0.4, 0.5) is 0 Å². The molecule has 0 aromatic heterocycles. The van der Waals surface area contributed by atoms with Crippen molar-refractivity contribution in [1.29, 1.82) is 0 Å². The summed E-state index contributed by atoms with van der Waals surface area (Å²) in [4.78, 5) is 23.2. The molecule has 0 spiro atoms. The number of amides is 1. The molecule has 0 bridgehead atoms. The van der Waals surface area contributed by atoms with Crippen molar-refractivity contribution in [2.45, 2.75) is 25.8 Å². The van der Waals surface area contributed by atoms with Gasteiger partial charge in [-0.1, -0.05) is 30.3 Å². The number of carbonyl (C=O) groups excluding carboxylic acids is 1. The topological polar surface area (TPSA) is 75.6 Å². The maximum Gasteiger partial charge on any atom is 0.335 e. The van der Waals surface area contributed by atoms with E-state index in [2.05, 4.69) is 5.32 Å². The molecule has 24 heavy (non-hydrogen) atoms. The SMILES string of the molecule is COc1ccccc1C(C)(C)NC(=O)Cc1ccc(C(=O)O)cc1. The number of aromatic carboxylic acids is 1. The lowest BCUT2D eigenvalue weighted by Crippen LogP contribution is -2.42. The summed E-state index contributed by atoms with van der Waals surface area (Å²) in [5, 5.41) is 11.9. The highest BCUT2D eigenvalue weighted by atomic mass is 16.5. The predicted octanol–water partition coefficient (Wildman–Crippen LogP) is 2.99. The minimum Gasteiger partial charge on any atom is -0.496 e. The summed E-state index contributed by atoms with van der Waals surface area (Å²) in [5.74, 6) is -0.411. The molecule has 0 aliphatic rings. The summed E-state index contributed by atoms with van der Waals surface area (Å²) < 4.78 is 5.36. The average Bonchev–Trinajstić information content (AvgIpc) is 2.54. The van der Waals surface area contributed by atoms with Gasteiger partial charge in [0.2, 0.25) is 5.91 Å². The predicted molar refractivity (Wildman–Crippen MR) is 91.3 cm³/mol. The van der Waals surface area contributed by atoms with Gasteiger partial charge >= 0.3 is 5.97 Å². The molecule has 1 amide bonds. The lowest BCUT2D eigenvalue weighted by Gasteiger charge is -2.28. The van der Waals surface area contributed by atoms with Crippen molar-refractivity contribution in [2.75, 3.05) is 7.11 Å². The van der Waals surface area contributed by atoms with Gasteiger partial charge in [0, 0.05) is 5.56 Å². The Morgan fingerprint density at radius 2 is 1.71 bits per heavy atom. The summed E-state index contributed by atoms with van der Waals surface area (Å²) in [7, 11) is 1.60. The van der Waals surface area contributed by atoms with E-state index in [1.807, 2.05) is 38.1 Å². The number of hydrogen-bond donors (Lipinski definition) is 2. The molecule has 0 atom stereocenters. The minimum atomic E-state index is -0.983. The molecule has 2 N–H and O–H groups in total. The Morgan fingerprint density at radius 1 is 1.08 bits per heavy atom. The van der Waals surface area contributed by atoms with E-state index < -0.39 is 11.5 Å². The summed E-state index contributed by atoms with van der Waals surface area (Å²) in [6.07, 6.45) is 0.179. The zero-order valence-corrected chi connectivity index (χ0v) is 14.0. The summed E-state index contributed by atoms with van der Waals surface area (Å²) >= 11 is 0. The molecule has 0 radical (unpaired) electrons. The highest BCUT2D eigenvalue weighted by Crippen LogP contribution is 2.29. The molecular formula is C19H21NO4. The van der Waals surface area contributed by atoms with Crippen LogP contribution in [0.15, 0.2) is 48.5 Å². The average molecular weight is 327 g/mol. The number of methoxy groups -OCH3 is 1. The number of carbonyl (C=O) groups is 2. The van der Waals surface area contributed by atoms with Gasteiger partial charge in [-0.05, 0) is 37.6 Å². The van der Waals surface area contributed by atoms with Gasteiger partial charge in [0.05, 0.1) is 24.6 Å². The molecule has 0 saturated heterocycles. The van der Waals surface area contributed by atoms with E-state index in [0.717, 1.165) is 11.1 Å². The number of hydrogen-bond acceptors (Lipinski definition) is 3. The van der Waals surface area contributed by atoms with Crippen molar-refractivity contribution in [3.63, 3.8) is 0 Å². The molecule has 0 aliphatic carbocycles. The minimum absolute atomic E-state index is 0.144. The van der Waals surface area contributed by atoms with Crippen LogP contribution in [0, 0.1) is 0 Å². The fourth-order valence-corrected chi connectivity index (χ4v) is 2.57. The maximum absolute atomic E-state index is 12.4. The highest BCUT2D eigenvalue weighted by Gasteiger charge is 2.26. The maximum atomic E-state index is 12.4. The summed E-state index contributed by atoms with van der Waals surface area (Å²) in [6.45, 7) is 3.83. The zero-order chi connectivity index (χ0) is 17.7. The Hall–Kier alpha value is -2.82. The number of carboxylic acid groups (broad SMARTS) is 1. The molecule has 5 heteroatoms. The number of para-hydroxylation sites is 1. The van der Waals surface area contributed by atoms with Gasteiger partial charge in [-0.25, -0.2) is 4.79 Å². The van der Waals surface area contributed by atoms with Crippen molar-refractivity contribution in [3.8, 4) is 5.75 Å². The van der Waals surface area contributed by atoms with Gasteiger partial charge in [-0.3, -0.25) is 4.79 Å². The van der Waals surface area contributed by atoms with Crippen molar-refractivity contribution >= 4 is 11.9 Å². The molecule has 126 valence electrons. The van der Waals surface area contributed by atoms with Crippen LogP contribution in [-0.4, -0.2) is 24.1 Å². The van der Waals surface area contributed by atoms with Crippen LogP contribution in [0.5, 0.6) is 5.75 Å². The normalized spacial score (nSPS) is 11.0. The zero-order valence-electron chi connectivity index (χ0n) is 14.0. The molecule has 2 aromatic rings. The molecule has 0 aliphatic heterocycles. The molecule has 5 nitrogen and oxygen atoms in total. The van der Waals surface area contributed by atoms with Gasteiger partial charge in [-0.2, -0.15) is 0 Å². The second kappa shape index (κ2) is 7.17. The van der Waals surface area contributed by atoms with Crippen molar-refractivity contribution < 1.29 is 19.4 Å². The van der Waals surface area contributed by atoms with Gasteiger partial charge in [-0.15, -0.1) is 0 Å². The molecule has 2 aromatic carbocycles. The number of carboxylic acids is 1. The summed E-state index contributed by atoms with van der Waals surface area (Å²) in [5.41, 5.74) is 1.26. The third-order valence-electron chi connectivity index (χ3n) is 3.80. The third-order valence-corrected chi connectivity index (χ3v) is 3.80. The highest BCUT2D eigenvalue weighted by molar-refractivity contribution is 5.87. The number of rotatable bonds is 6. The number of benzene rings is 2. The Balaban J connectivity index is 2.09. The van der Waals surface area contributed by atoms with E-state index in [9.17, 15) is 9.59 Å². The fraction of sp³-hybridized carbons (Fsp3) is 0.263. The fourth-order valence-electron chi connectivity index (χ4n) is 2.57. The van der Waals surface area contributed by atoms with Crippen molar-refractivity contribution in [3.05, 3.63) is 65.2 Å². The first-order valence-corrected chi connectivity index (χ1v) is 7.60. The van der Waals surface area contributed by atoms with E-state index in [-0.39, 0.29) is 17.9 Å². The van der Waals surface area contributed by atoms with Gasteiger partial charge < -0.3 is 15.2 Å². The smallest absolute Gasteiger partial charge is 0.335 e. The largest absolute Gasteiger partial charge is 0.496 e. The van der Waals surface area contributed by atoms with E-state index >= 15 is 0 Å². The van der Waals surface area contributed by atoms with Crippen LogP contribution in [0.2, 0.25) is 0 Å². The quantitative estimate of drug-likeness (QED) is 0.855. The molecule has 2 rings (SSSR count). The number of nitrogens with one attached hydrogen (secondary N) is 1. The van der Waals surface area contributed by atoms with Crippen molar-refractivity contribution in [2.24, 2.45) is 0 Å². The Bertz CT molecular complexity index is 735. The third kappa shape index (κ3) is 4.13. The lowest BCUT2D eigenvalue weighted by molar-refractivity contribution is -0.122. The second-order valence-corrected chi connectivity index (χ2v) is 6.05. The van der Waals surface area contributed by atoms with Crippen LogP contribution >= 0.6 is 0 Å². The first-order chi connectivity index (χ1) is 11.3. The van der Waals surface area contributed by atoms with E-state index in [4.69, 9.17) is 9.84 Å².